The van der Waals surface area contributed by atoms with Crippen molar-refractivity contribution < 1.29 is 4.79 Å². The zero-order valence-corrected chi connectivity index (χ0v) is 15.3. The lowest BCUT2D eigenvalue weighted by atomic mass is 10.2. The van der Waals surface area contributed by atoms with Crippen LogP contribution >= 0.6 is 50.2 Å². The number of hydrogen-bond acceptors (Lipinski definition) is 6. The average Bonchev–Trinajstić information content (AvgIpc) is 3.15. The fourth-order valence-electron chi connectivity index (χ4n) is 1.61. The van der Waals surface area contributed by atoms with Crippen LogP contribution in [0, 0.1) is 0 Å². The molecule has 9 heteroatoms. The monoisotopic (exact) mass is 426 g/mol. The summed E-state index contributed by atoms with van der Waals surface area (Å²) in [5.74, 6) is -0.268. The minimum absolute atomic E-state index is 0.268. The van der Waals surface area contributed by atoms with E-state index in [-0.39, 0.29) is 5.91 Å². The van der Waals surface area contributed by atoms with Crippen molar-refractivity contribution in [1.29, 1.82) is 0 Å². The third-order valence-electron chi connectivity index (χ3n) is 2.64. The van der Waals surface area contributed by atoms with Crippen LogP contribution in [0.15, 0.2) is 45.2 Å². The maximum absolute atomic E-state index is 12.1. The number of aliphatic imine (C=N–C) groups is 1. The van der Waals surface area contributed by atoms with Gasteiger partial charge in [0.25, 0.3) is 5.91 Å². The van der Waals surface area contributed by atoms with E-state index in [0.717, 1.165) is 8.66 Å². The molecule has 0 bridgehead atoms. The van der Waals surface area contributed by atoms with Crippen molar-refractivity contribution in [2.75, 3.05) is 5.32 Å². The van der Waals surface area contributed by atoms with E-state index in [9.17, 15) is 4.79 Å². The second-order valence-corrected chi connectivity index (χ2v) is 8.14. The van der Waals surface area contributed by atoms with Crippen LogP contribution in [-0.4, -0.2) is 22.3 Å². The Morgan fingerprint density at radius 2 is 1.96 bits per heavy atom. The molecule has 116 valence electrons. The molecule has 0 atom stereocenters. The molecule has 0 radical (unpaired) electrons. The van der Waals surface area contributed by atoms with Gasteiger partial charge < -0.3 is 0 Å². The van der Waals surface area contributed by atoms with Crippen LogP contribution in [0.5, 0.6) is 0 Å². The third-order valence-corrected chi connectivity index (χ3v) is 5.19. The predicted molar refractivity (Wildman–Crippen MR) is 98.6 cm³/mol. The number of aromatic nitrogens is 2. The maximum Gasteiger partial charge on any atom is 0.257 e. The fraction of sp³-hybridized carbons (Fsp3) is 0. The first-order valence-electron chi connectivity index (χ1n) is 6.30. The molecule has 3 aromatic rings. The maximum atomic E-state index is 12.1. The first-order valence-corrected chi connectivity index (χ1v) is 9.10. The van der Waals surface area contributed by atoms with Crippen LogP contribution in [0.3, 0.4) is 0 Å². The molecule has 23 heavy (non-hydrogen) atoms. The minimum atomic E-state index is -0.268. The number of carbonyl (C=O) groups is 1. The van der Waals surface area contributed by atoms with Crippen molar-refractivity contribution >= 4 is 72.6 Å². The molecule has 1 amide bonds. The smallest absolute Gasteiger partial charge is 0.257 e. The molecule has 2 aromatic heterocycles. The van der Waals surface area contributed by atoms with E-state index in [2.05, 4.69) is 36.4 Å². The number of thiophene rings is 1. The first kappa shape index (κ1) is 16.3. The van der Waals surface area contributed by atoms with E-state index in [0.29, 0.717) is 20.8 Å². The first-order chi connectivity index (χ1) is 11.1. The van der Waals surface area contributed by atoms with Gasteiger partial charge in [-0.3, -0.25) is 10.1 Å². The highest BCUT2D eigenvalue weighted by Crippen LogP contribution is 2.25. The quantitative estimate of drug-likeness (QED) is 0.595. The summed E-state index contributed by atoms with van der Waals surface area (Å²) in [5, 5.41) is 12.0. The van der Waals surface area contributed by atoms with E-state index in [4.69, 9.17) is 11.6 Å². The Bertz CT molecular complexity index is 860. The molecule has 1 aromatic carbocycles. The van der Waals surface area contributed by atoms with Gasteiger partial charge in [-0.1, -0.05) is 22.9 Å². The van der Waals surface area contributed by atoms with Gasteiger partial charge in [0.15, 0.2) is 0 Å². The van der Waals surface area contributed by atoms with Gasteiger partial charge in [0.1, 0.15) is 0 Å². The molecular formula is C14H8BrClN4OS2. The molecule has 3 rings (SSSR count). The highest BCUT2D eigenvalue weighted by Gasteiger charge is 2.09. The van der Waals surface area contributed by atoms with E-state index < -0.39 is 0 Å². The predicted octanol–water partition coefficient (Wildman–Crippen LogP) is 5.02. The summed E-state index contributed by atoms with van der Waals surface area (Å²) in [5.41, 5.74) is 0.498. The van der Waals surface area contributed by atoms with Crippen LogP contribution in [0.25, 0.3) is 0 Å². The summed E-state index contributed by atoms with van der Waals surface area (Å²) >= 11 is 12.0. The minimum Gasteiger partial charge on any atom is -0.296 e. The van der Waals surface area contributed by atoms with Crippen molar-refractivity contribution in [3.05, 3.63) is 55.6 Å². The van der Waals surface area contributed by atoms with E-state index in [1.54, 1.807) is 41.8 Å². The van der Waals surface area contributed by atoms with Gasteiger partial charge in [-0.15, -0.1) is 21.5 Å². The molecule has 5 nitrogen and oxygen atoms in total. The fourth-order valence-corrected chi connectivity index (χ4v) is 3.61. The molecule has 0 aliphatic rings. The average molecular weight is 428 g/mol. The second kappa shape index (κ2) is 7.31. The van der Waals surface area contributed by atoms with Crippen LogP contribution in [-0.2, 0) is 0 Å². The number of amides is 1. The van der Waals surface area contributed by atoms with E-state index >= 15 is 0 Å². The SMILES string of the molecule is O=C(Nc1nnc(N=Cc2ccc(Br)s2)s1)c1ccc(Cl)cc1. The number of hydrogen-bond donors (Lipinski definition) is 1. The standard InChI is InChI=1S/C14H8BrClN4OS2/c15-11-6-5-10(22-11)7-17-13-19-20-14(23-13)18-12(21)8-1-3-9(16)4-2-8/h1-7H,(H,18,20,21). The molecule has 0 unspecified atom stereocenters. The van der Waals surface area contributed by atoms with Crippen LogP contribution in [0.2, 0.25) is 5.02 Å². The Hall–Kier alpha value is -1.61. The van der Waals surface area contributed by atoms with E-state index in [1.807, 2.05) is 12.1 Å². The van der Waals surface area contributed by atoms with Crippen LogP contribution in [0.4, 0.5) is 10.3 Å². The topological polar surface area (TPSA) is 67.2 Å². The van der Waals surface area contributed by atoms with Gasteiger partial charge in [-0.2, -0.15) is 0 Å². The van der Waals surface area contributed by atoms with Crippen molar-refractivity contribution in [2.45, 2.75) is 0 Å². The highest BCUT2D eigenvalue weighted by molar-refractivity contribution is 9.11. The van der Waals surface area contributed by atoms with Crippen LogP contribution in [0.1, 0.15) is 15.2 Å². The number of rotatable bonds is 4. The number of anilines is 1. The van der Waals surface area contributed by atoms with Crippen molar-refractivity contribution in [2.24, 2.45) is 4.99 Å². The number of benzene rings is 1. The number of nitrogens with zero attached hydrogens (tertiary/aromatic N) is 3. The van der Waals surface area contributed by atoms with Crippen molar-refractivity contribution in [3.63, 3.8) is 0 Å². The Balaban J connectivity index is 1.66. The van der Waals surface area contributed by atoms with Crippen LogP contribution < -0.4 is 5.32 Å². The molecule has 0 saturated carbocycles. The summed E-state index contributed by atoms with van der Waals surface area (Å²) in [6.45, 7) is 0. The summed E-state index contributed by atoms with van der Waals surface area (Å²) in [6.07, 6.45) is 1.71. The van der Waals surface area contributed by atoms with Crippen molar-refractivity contribution in [3.8, 4) is 0 Å². The Morgan fingerprint density at radius 3 is 2.65 bits per heavy atom. The molecular weight excluding hydrogens is 420 g/mol. The van der Waals surface area contributed by atoms with Gasteiger partial charge in [0.05, 0.1) is 3.79 Å². The summed E-state index contributed by atoms with van der Waals surface area (Å²) < 4.78 is 1.03. The Kier molecular flexibility index (Phi) is 5.16. The summed E-state index contributed by atoms with van der Waals surface area (Å²) in [7, 11) is 0. The lowest BCUT2D eigenvalue weighted by Crippen LogP contribution is -2.11. The molecule has 0 saturated heterocycles. The van der Waals surface area contributed by atoms with Gasteiger partial charge in [-0.25, -0.2) is 4.99 Å². The molecule has 0 aliphatic heterocycles. The summed E-state index contributed by atoms with van der Waals surface area (Å²) in [6, 6.07) is 10.5. The Labute approximate surface area is 153 Å². The molecule has 1 N–H and O–H groups in total. The second-order valence-electron chi connectivity index (χ2n) is 4.25. The third kappa shape index (κ3) is 4.44. The van der Waals surface area contributed by atoms with Crippen molar-refractivity contribution in [1.82, 2.24) is 10.2 Å². The molecule has 0 fully saturated rings. The summed E-state index contributed by atoms with van der Waals surface area (Å²) in [4.78, 5) is 17.3. The molecule has 0 aliphatic carbocycles. The largest absolute Gasteiger partial charge is 0.296 e. The number of halogens is 2. The number of nitrogens with one attached hydrogen (secondary N) is 1. The lowest BCUT2D eigenvalue weighted by molar-refractivity contribution is 0.102. The normalized spacial score (nSPS) is 11.0. The van der Waals surface area contributed by atoms with Gasteiger partial charge in [-0.05, 0) is 52.3 Å². The highest BCUT2D eigenvalue weighted by atomic mass is 79.9. The Morgan fingerprint density at radius 1 is 1.17 bits per heavy atom. The zero-order valence-electron chi connectivity index (χ0n) is 11.4. The van der Waals surface area contributed by atoms with Gasteiger partial charge in [0.2, 0.25) is 10.3 Å². The van der Waals surface area contributed by atoms with E-state index in [1.165, 1.54) is 11.3 Å². The number of carbonyl (C=O) groups excluding carboxylic acids is 1. The lowest BCUT2D eigenvalue weighted by Gasteiger charge is -2.00. The van der Waals surface area contributed by atoms with Gasteiger partial charge >= 0.3 is 0 Å². The molecule has 2 heterocycles. The molecule has 0 spiro atoms. The van der Waals surface area contributed by atoms with Gasteiger partial charge in [0, 0.05) is 21.7 Å². The zero-order chi connectivity index (χ0) is 16.2.